The number of carbonyl (C=O) groups excluding carboxylic acids is 1. The molecule has 0 aliphatic carbocycles. The molecule has 1 aliphatic rings. The number of aliphatic hydroxyl groups is 1. The van der Waals surface area contributed by atoms with Gasteiger partial charge in [0.2, 0.25) is 5.91 Å². The van der Waals surface area contributed by atoms with Crippen molar-refractivity contribution in [1.29, 1.82) is 0 Å². The predicted molar refractivity (Wildman–Crippen MR) is 59.3 cm³/mol. The molecule has 0 aromatic carbocycles. The molecular formula is C11H22N2O2. The molecule has 1 rings (SSSR count). The quantitative estimate of drug-likeness (QED) is 0.709. The Bertz CT molecular complexity index is 201. The van der Waals surface area contributed by atoms with Crippen LogP contribution in [0.3, 0.4) is 0 Å². The summed E-state index contributed by atoms with van der Waals surface area (Å²) < 4.78 is 0. The van der Waals surface area contributed by atoms with Crippen LogP contribution in [0.15, 0.2) is 0 Å². The number of piperidine rings is 1. The van der Waals surface area contributed by atoms with Crippen molar-refractivity contribution < 1.29 is 9.90 Å². The molecule has 1 atom stereocenters. The molecule has 0 saturated carbocycles. The first-order valence-corrected chi connectivity index (χ1v) is 5.84. The lowest BCUT2D eigenvalue weighted by molar-refractivity contribution is -0.134. The first-order valence-electron chi connectivity index (χ1n) is 5.84. The van der Waals surface area contributed by atoms with Gasteiger partial charge in [-0.1, -0.05) is 13.3 Å². The van der Waals surface area contributed by atoms with Crippen molar-refractivity contribution >= 4 is 5.91 Å². The minimum atomic E-state index is -0.333. The number of likely N-dealkylation sites (tertiary alicyclic amines) is 1. The summed E-state index contributed by atoms with van der Waals surface area (Å²) in [6.45, 7) is 3.77. The second kappa shape index (κ2) is 6.08. The van der Waals surface area contributed by atoms with Crippen LogP contribution in [-0.4, -0.2) is 41.7 Å². The second-order valence-corrected chi connectivity index (χ2v) is 4.35. The van der Waals surface area contributed by atoms with E-state index in [4.69, 9.17) is 10.8 Å². The standard InChI is InChI=1S/C11H22N2O2/c1-2-3-10(12)11(15)13-6-4-9(8-14)5-7-13/h9-10,14H,2-8,12H2,1H3/t10-/m0/s1. The maximum Gasteiger partial charge on any atom is 0.239 e. The van der Waals surface area contributed by atoms with Gasteiger partial charge in [0.05, 0.1) is 6.04 Å². The molecule has 4 heteroatoms. The Hall–Kier alpha value is -0.610. The van der Waals surface area contributed by atoms with E-state index in [0.717, 1.165) is 38.8 Å². The summed E-state index contributed by atoms with van der Waals surface area (Å²) >= 11 is 0. The number of aliphatic hydroxyl groups excluding tert-OH is 1. The van der Waals surface area contributed by atoms with Crippen LogP contribution >= 0.6 is 0 Å². The SMILES string of the molecule is CCC[C@H](N)C(=O)N1CCC(CO)CC1. The number of hydrogen-bond acceptors (Lipinski definition) is 3. The van der Waals surface area contributed by atoms with Gasteiger partial charge < -0.3 is 15.7 Å². The molecule has 1 heterocycles. The highest BCUT2D eigenvalue weighted by molar-refractivity contribution is 5.81. The number of amides is 1. The monoisotopic (exact) mass is 214 g/mol. The van der Waals surface area contributed by atoms with Crippen LogP contribution in [0.25, 0.3) is 0 Å². The van der Waals surface area contributed by atoms with Crippen LogP contribution in [0, 0.1) is 5.92 Å². The maximum absolute atomic E-state index is 11.8. The summed E-state index contributed by atoms with van der Waals surface area (Å²) in [6.07, 6.45) is 3.51. The third-order valence-electron chi connectivity index (χ3n) is 3.10. The van der Waals surface area contributed by atoms with Gasteiger partial charge in [-0.15, -0.1) is 0 Å². The molecule has 1 saturated heterocycles. The minimum Gasteiger partial charge on any atom is -0.396 e. The lowest BCUT2D eigenvalue weighted by Crippen LogP contribution is -2.47. The van der Waals surface area contributed by atoms with Crippen molar-refractivity contribution in [2.24, 2.45) is 11.7 Å². The fourth-order valence-corrected chi connectivity index (χ4v) is 2.00. The van der Waals surface area contributed by atoms with Gasteiger partial charge in [0, 0.05) is 19.7 Å². The number of rotatable bonds is 4. The molecule has 0 radical (unpaired) electrons. The molecule has 3 N–H and O–H groups in total. The molecule has 0 bridgehead atoms. The summed E-state index contributed by atoms with van der Waals surface area (Å²) in [5.41, 5.74) is 5.79. The normalized spacial score (nSPS) is 20.3. The third kappa shape index (κ3) is 3.47. The van der Waals surface area contributed by atoms with Crippen LogP contribution in [0.2, 0.25) is 0 Å². The van der Waals surface area contributed by atoms with Crippen LogP contribution in [0.4, 0.5) is 0 Å². The van der Waals surface area contributed by atoms with Gasteiger partial charge in [-0.25, -0.2) is 0 Å². The number of nitrogens with zero attached hydrogens (tertiary/aromatic N) is 1. The van der Waals surface area contributed by atoms with Crippen LogP contribution in [0.5, 0.6) is 0 Å². The fraction of sp³-hybridized carbons (Fsp3) is 0.909. The lowest BCUT2D eigenvalue weighted by Gasteiger charge is -2.32. The maximum atomic E-state index is 11.8. The highest BCUT2D eigenvalue weighted by atomic mass is 16.3. The highest BCUT2D eigenvalue weighted by Crippen LogP contribution is 2.17. The molecule has 0 spiro atoms. The van der Waals surface area contributed by atoms with Gasteiger partial charge in [0.15, 0.2) is 0 Å². The Labute approximate surface area is 91.4 Å². The van der Waals surface area contributed by atoms with Crippen molar-refractivity contribution in [1.82, 2.24) is 4.90 Å². The van der Waals surface area contributed by atoms with Crippen molar-refractivity contribution in [3.05, 3.63) is 0 Å². The molecule has 88 valence electrons. The van der Waals surface area contributed by atoms with Crippen LogP contribution in [-0.2, 0) is 4.79 Å². The van der Waals surface area contributed by atoms with E-state index in [1.165, 1.54) is 0 Å². The Kier molecular flexibility index (Phi) is 5.05. The summed E-state index contributed by atoms with van der Waals surface area (Å²) in [5.74, 6) is 0.449. The van der Waals surface area contributed by atoms with E-state index in [9.17, 15) is 4.79 Å². The largest absolute Gasteiger partial charge is 0.396 e. The topological polar surface area (TPSA) is 66.6 Å². The minimum absolute atomic E-state index is 0.0771. The Morgan fingerprint density at radius 3 is 2.60 bits per heavy atom. The van der Waals surface area contributed by atoms with Gasteiger partial charge in [-0.2, -0.15) is 0 Å². The molecule has 4 nitrogen and oxygen atoms in total. The van der Waals surface area contributed by atoms with Gasteiger partial charge in [-0.3, -0.25) is 4.79 Å². The third-order valence-corrected chi connectivity index (χ3v) is 3.10. The van der Waals surface area contributed by atoms with E-state index in [1.54, 1.807) is 0 Å². The Morgan fingerprint density at radius 2 is 2.13 bits per heavy atom. The highest BCUT2D eigenvalue weighted by Gasteiger charge is 2.25. The summed E-state index contributed by atoms with van der Waals surface area (Å²) in [7, 11) is 0. The molecule has 0 unspecified atom stereocenters. The van der Waals surface area contributed by atoms with Crippen molar-refractivity contribution in [2.45, 2.75) is 38.6 Å². The number of nitrogens with two attached hydrogens (primary N) is 1. The van der Waals surface area contributed by atoms with E-state index in [-0.39, 0.29) is 18.6 Å². The number of carbonyl (C=O) groups is 1. The van der Waals surface area contributed by atoms with E-state index < -0.39 is 0 Å². The van der Waals surface area contributed by atoms with Crippen molar-refractivity contribution in [3.63, 3.8) is 0 Å². The van der Waals surface area contributed by atoms with Gasteiger partial charge in [0.1, 0.15) is 0 Å². The second-order valence-electron chi connectivity index (χ2n) is 4.35. The Morgan fingerprint density at radius 1 is 1.53 bits per heavy atom. The zero-order chi connectivity index (χ0) is 11.3. The van der Waals surface area contributed by atoms with Crippen LogP contribution in [0.1, 0.15) is 32.6 Å². The first-order chi connectivity index (χ1) is 7.19. The van der Waals surface area contributed by atoms with E-state index in [1.807, 2.05) is 11.8 Å². The fourth-order valence-electron chi connectivity index (χ4n) is 2.00. The molecule has 0 aromatic heterocycles. The first kappa shape index (κ1) is 12.5. The molecule has 1 fully saturated rings. The van der Waals surface area contributed by atoms with E-state index >= 15 is 0 Å². The summed E-state index contributed by atoms with van der Waals surface area (Å²) in [5, 5.41) is 8.98. The average molecular weight is 214 g/mol. The lowest BCUT2D eigenvalue weighted by atomic mass is 9.97. The summed E-state index contributed by atoms with van der Waals surface area (Å²) in [6, 6.07) is -0.333. The van der Waals surface area contributed by atoms with Crippen molar-refractivity contribution in [2.75, 3.05) is 19.7 Å². The average Bonchev–Trinajstić information content (AvgIpc) is 2.28. The van der Waals surface area contributed by atoms with Crippen LogP contribution < -0.4 is 5.73 Å². The van der Waals surface area contributed by atoms with Gasteiger partial charge in [0.25, 0.3) is 0 Å². The molecule has 0 aromatic rings. The summed E-state index contributed by atoms with van der Waals surface area (Å²) in [4.78, 5) is 13.7. The Balaban J connectivity index is 2.35. The smallest absolute Gasteiger partial charge is 0.239 e. The van der Waals surface area contributed by atoms with Gasteiger partial charge in [-0.05, 0) is 25.2 Å². The predicted octanol–water partition coefficient (Wildman–Crippen LogP) is 0.345. The van der Waals surface area contributed by atoms with E-state index in [0.29, 0.717) is 5.92 Å². The molecule has 15 heavy (non-hydrogen) atoms. The molecule has 1 amide bonds. The van der Waals surface area contributed by atoms with E-state index in [2.05, 4.69) is 0 Å². The number of hydrogen-bond donors (Lipinski definition) is 2. The molecule has 1 aliphatic heterocycles. The zero-order valence-corrected chi connectivity index (χ0v) is 9.48. The van der Waals surface area contributed by atoms with Gasteiger partial charge >= 0.3 is 0 Å². The molecular weight excluding hydrogens is 192 g/mol. The zero-order valence-electron chi connectivity index (χ0n) is 9.48. The van der Waals surface area contributed by atoms with Crippen molar-refractivity contribution in [3.8, 4) is 0 Å².